The molecule has 0 radical (unpaired) electrons. The summed E-state index contributed by atoms with van der Waals surface area (Å²) < 4.78 is 0. The fraction of sp³-hybridized carbons (Fsp3) is 0.316. The Morgan fingerprint density at radius 3 is 0.905 bits per heavy atom. The van der Waals surface area contributed by atoms with Gasteiger partial charge in [-0.05, 0) is 37.1 Å². The van der Waals surface area contributed by atoms with Crippen molar-refractivity contribution in [3.63, 3.8) is 0 Å². The van der Waals surface area contributed by atoms with Crippen LogP contribution >= 0.6 is 0 Å². The first-order chi connectivity index (χ1) is 20.9. The molecule has 2 heterocycles. The third-order valence-corrected chi connectivity index (χ3v) is 8.38. The lowest BCUT2D eigenvalue weighted by Crippen LogP contribution is -2.03. The monoisotopic (exact) mass is 554 g/mol. The molecule has 0 aliphatic carbocycles. The molecule has 4 aromatic carbocycles. The van der Waals surface area contributed by atoms with Gasteiger partial charge in [0, 0.05) is 34.6 Å². The van der Waals surface area contributed by atoms with E-state index in [0.717, 1.165) is 35.2 Å². The van der Waals surface area contributed by atoms with Gasteiger partial charge in [0.25, 0.3) is 0 Å². The average molecular weight is 555 g/mol. The van der Waals surface area contributed by atoms with E-state index in [1.807, 2.05) is 0 Å². The zero-order chi connectivity index (χ0) is 28.4. The lowest BCUT2D eigenvalue weighted by atomic mass is 10.1. The highest BCUT2D eigenvalue weighted by Crippen LogP contribution is 2.32. The third-order valence-electron chi connectivity index (χ3n) is 8.38. The SMILES string of the molecule is c1ccc2c(NCCCCCCCCCCCCNc3c4ccccc4nc4ccccc34)c3ccccc3nc2c1. The molecule has 4 nitrogen and oxygen atoms in total. The van der Waals surface area contributed by atoms with Crippen LogP contribution in [0.5, 0.6) is 0 Å². The molecule has 0 spiro atoms. The first kappa shape index (κ1) is 28.0. The van der Waals surface area contributed by atoms with E-state index in [1.54, 1.807) is 0 Å². The van der Waals surface area contributed by atoms with Crippen molar-refractivity contribution in [3.8, 4) is 0 Å². The molecule has 0 fully saturated rings. The number of anilines is 2. The normalized spacial score (nSPS) is 11.5. The van der Waals surface area contributed by atoms with Gasteiger partial charge in [0.1, 0.15) is 0 Å². The van der Waals surface area contributed by atoms with Gasteiger partial charge >= 0.3 is 0 Å². The third kappa shape index (κ3) is 6.65. The van der Waals surface area contributed by atoms with Crippen molar-refractivity contribution in [1.82, 2.24) is 9.97 Å². The summed E-state index contributed by atoms with van der Waals surface area (Å²) in [6.45, 7) is 2.02. The molecular formula is C38H42N4. The largest absolute Gasteiger partial charge is 0.384 e. The molecule has 4 heteroatoms. The lowest BCUT2D eigenvalue weighted by molar-refractivity contribution is 0.557. The highest BCUT2D eigenvalue weighted by atomic mass is 14.9. The summed E-state index contributed by atoms with van der Waals surface area (Å²) >= 11 is 0. The predicted octanol–water partition coefficient (Wildman–Crippen LogP) is 10.5. The smallest absolute Gasteiger partial charge is 0.0730 e. The fourth-order valence-electron chi connectivity index (χ4n) is 6.15. The van der Waals surface area contributed by atoms with Crippen LogP contribution in [0.4, 0.5) is 11.4 Å². The van der Waals surface area contributed by atoms with Crippen molar-refractivity contribution in [2.24, 2.45) is 0 Å². The van der Waals surface area contributed by atoms with E-state index in [-0.39, 0.29) is 0 Å². The summed E-state index contributed by atoms with van der Waals surface area (Å²) in [6.07, 6.45) is 13.1. The summed E-state index contributed by atoms with van der Waals surface area (Å²) in [5.74, 6) is 0. The van der Waals surface area contributed by atoms with Crippen molar-refractivity contribution >= 4 is 55.0 Å². The number of fused-ring (bicyclic) bond motifs is 4. The van der Waals surface area contributed by atoms with Crippen LogP contribution in [0.25, 0.3) is 43.6 Å². The number of unbranched alkanes of at least 4 members (excludes halogenated alkanes) is 9. The van der Waals surface area contributed by atoms with Gasteiger partial charge < -0.3 is 10.6 Å². The molecule has 0 saturated carbocycles. The van der Waals surface area contributed by atoms with E-state index in [9.17, 15) is 0 Å². The van der Waals surface area contributed by atoms with Crippen molar-refractivity contribution in [1.29, 1.82) is 0 Å². The van der Waals surface area contributed by atoms with Crippen LogP contribution in [0.2, 0.25) is 0 Å². The number of para-hydroxylation sites is 4. The zero-order valence-corrected chi connectivity index (χ0v) is 24.6. The molecule has 6 rings (SSSR count). The van der Waals surface area contributed by atoms with Crippen molar-refractivity contribution in [2.75, 3.05) is 23.7 Å². The molecule has 0 saturated heterocycles. The molecule has 0 unspecified atom stereocenters. The standard InChI is InChI=1S/C38H42N4/c1(3-5-7-17-27-39-37-29-19-9-13-23-33(29)41-34-24-14-10-20-30(34)37)2-4-6-8-18-28-40-38-31-21-11-15-25-35(31)42-36-26-16-12-22-32(36)38/h9-16,19-26H,1-8,17-18,27-28H2,(H,39,41)(H,40,42). The maximum Gasteiger partial charge on any atom is 0.0730 e. The van der Waals surface area contributed by atoms with Gasteiger partial charge in [0.2, 0.25) is 0 Å². The van der Waals surface area contributed by atoms with Gasteiger partial charge in [-0.2, -0.15) is 0 Å². The summed E-state index contributed by atoms with van der Waals surface area (Å²) in [5.41, 5.74) is 6.71. The maximum absolute atomic E-state index is 4.84. The molecule has 0 aliphatic heterocycles. The van der Waals surface area contributed by atoms with E-state index < -0.39 is 0 Å². The van der Waals surface area contributed by atoms with Gasteiger partial charge in [-0.15, -0.1) is 0 Å². The van der Waals surface area contributed by atoms with Crippen LogP contribution in [0.15, 0.2) is 97.1 Å². The first-order valence-corrected chi connectivity index (χ1v) is 15.9. The topological polar surface area (TPSA) is 49.8 Å². The number of nitrogens with one attached hydrogen (secondary N) is 2. The van der Waals surface area contributed by atoms with E-state index in [1.165, 1.54) is 97.1 Å². The summed E-state index contributed by atoms with van der Waals surface area (Å²) in [6, 6.07) is 33.8. The van der Waals surface area contributed by atoms with E-state index >= 15 is 0 Å². The quantitative estimate of drug-likeness (QED) is 0.0979. The Kier molecular flexibility index (Phi) is 9.41. The Balaban J connectivity index is 0.846. The number of nitrogens with zero attached hydrogens (tertiary/aromatic N) is 2. The zero-order valence-electron chi connectivity index (χ0n) is 24.6. The number of rotatable bonds is 15. The minimum absolute atomic E-state index is 1.01. The highest BCUT2D eigenvalue weighted by molar-refractivity contribution is 6.08. The molecule has 2 aromatic heterocycles. The van der Waals surface area contributed by atoms with Gasteiger partial charge in [0.05, 0.1) is 33.4 Å². The Bertz CT molecular complexity index is 1520. The number of hydrogen-bond acceptors (Lipinski definition) is 4. The van der Waals surface area contributed by atoms with Gasteiger partial charge in [0.15, 0.2) is 0 Å². The molecular weight excluding hydrogens is 512 g/mol. The van der Waals surface area contributed by atoms with Crippen LogP contribution < -0.4 is 10.6 Å². The van der Waals surface area contributed by atoms with Gasteiger partial charge in [-0.25, -0.2) is 9.97 Å². The second-order valence-electron chi connectivity index (χ2n) is 11.4. The molecule has 6 aromatic rings. The molecule has 0 aliphatic rings. The minimum Gasteiger partial charge on any atom is -0.384 e. The van der Waals surface area contributed by atoms with Crippen LogP contribution in [-0.4, -0.2) is 23.1 Å². The molecule has 42 heavy (non-hydrogen) atoms. The van der Waals surface area contributed by atoms with Crippen LogP contribution in [-0.2, 0) is 0 Å². The van der Waals surface area contributed by atoms with Gasteiger partial charge in [-0.1, -0.05) is 124 Å². The highest BCUT2D eigenvalue weighted by Gasteiger charge is 2.09. The summed E-state index contributed by atoms with van der Waals surface area (Å²) in [5, 5.41) is 12.3. The van der Waals surface area contributed by atoms with Crippen molar-refractivity contribution in [3.05, 3.63) is 97.1 Å². The molecule has 0 amide bonds. The fourth-order valence-corrected chi connectivity index (χ4v) is 6.15. The number of hydrogen-bond donors (Lipinski definition) is 2. The molecule has 2 N–H and O–H groups in total. The van der Waals surface area contributed by atoms with Crippen LogP contribution in [0, 0.1) is 0 Å². The molecule has 0 bridgehead atoms. The Labute approximate surface area is 249 Å². The van der Waals surface area contributed by atoms with Crippen molar-refractivity contribution < 1.29 is 0 Å². The Hall–Kier alpha value is -4.18. The number of aromatic nitrogens is 2. The average Bonchev–Trinajstić information content (AvgIpc) is 3.04. The second kappa shape index (κ2) is 14.1. The maximum atomic E-state index is 4.84. The number of pyridine rings is 2. The van der Waals surface area contributed by atoms with Crippen LogP contribution in [0.3, 0.4) is 0 Å². The minimum atomic E-state index is 1.01. The lowest BCUT2D eigenvalue weighted by Gasteiger charge is -2.13. The van der Waals surface area contributed by atoms with E-state index in [0.29, 0.717) is 0 Å². The van der Waals surface area contributed by atoms with E-state index in [2.05, 4.69) is 108 Å². The molecule has 0 atom stereocenters. The van der Waals surface area contributed by atoms with Crippen LogP contribution in [0.1, 0.15) is 64.2 Å². The number of benzene rings is 4. The Morgan fingerprint density at radius 2 is 0.595 bits per heavy atom. The summed E-state index contributed by atoms with van der Waals surface area (Å²) in [7, 11) is 0. The Morgan fingerprint density at radius 1 is 0.333 bits per heavy atom. The predicted molar refractivity (Wildman–Crippen MR) is 182 cm³/mol. The second-order valence-corrected chi connectivity index (χ2v) is 11.4. The van der Waals surface area contributed by atoms with Crippen molar-refractivity contribution in [2.45, 2.75) is 64.2 Å². The first-order valence-electron chi connectivity index (χ1n) is 15.9. The van der Waals surface area contributed by atoms with E-state index in [4.69, 9.17) is 9.97 Å². The van der Waals surface area contributed by atoms with Gasteiger partial charge in [-0.3, -0.25) is 0 Å². The summed E-state index contributed by atoms with van der Waals surface area (Å²) in [4.78, 5) is 9.68. The molecule has 214 valence electrons.